The number of nitrogens with zero attached hydrogens (tertiary/aromatic N) is 2. The van der Waals surface area contributed by atoms with E-state index in [0.717, 1.165) is 23.0 Å². The summed E-state index contributed by atoms with van der Waals surface area (Å²) < 4.78 is 2.84. The topological polar surface area (TPSA) is 55.9 Å². The zero-order valence-electron chi connectivity index (χ0n) is 11.2. The third kappa shape index (κ3) is 3.23. The molecule has 3 N–H and O–H groups in total. The number of benzene rings is 1. The Bertz CT molecular complexity index is 531. The van der Waals surface area contributed by atoms with Crippen molar-refractivity contribution in [2.45, 2.75) is 25.8 Å². The van der Waals surface area contributed by atoms with Crippen LogP contribution in [0.1, 0.15) is 29.3 Å². The first-order valence-corrected chi connectivity index (χ1v) is 7.10. The van der Waals surface area contributed by atoms with Crippen molar-refractivity contribution in [3.05, 3.63) is 51.8 Å². The molecule has 1 aromatic heterocycles. The van der Waals surface area contributed by atoms with Gasteiger partial charge in [-0.05, 0) is 46.8 Å². The van der Waals surface area contributed by atoms with Crippen LogP contribution >= 0.6 is 15.9 Å². The molecular formula is C14H19BrN4. The van der Waals surface area contributed by atoms with Crippen molar-refractivity contribution in [2.24, 2.45) is 12.9 Å². The molecule has 0 fully saturated rings. The number of aromatic nitrogens is 2. The highest BCUT2D eigenvalue weighted by molar-refractivity contribution is 9.10. The molecule has 0 saturated carbocycles. The van der Waals surface area contributed by atoms with Gasteiger partial charge in [-0.3, -0.25) is 16.0 Å². The summed E-state index contributed by atoms with van der Waals surface area (Å²) in [7, 11) is 1.93. The molecule has 1 unspecified atom stereocenters. The van der Waals surface area contributed by atoms with Gasteiger partial charge in [-0.25, -0.2) is 0 Å². The van der Waals surface area contributed by atoms with Gasteiger partial charge in [-0.15, -0.1) is 0 Å². The van der Waals surface area contributed by atoms with Gasteiger partial charge in [0.1, 0.15) is 0 Å². The van der Waals surface area contributed by atoms with Gasteiger partial charge in [0.05, 0.1) is 22.4 Å². The van der Waals surface area contributed by atoms with Crippen LogP contribution in [0.3, 0.4) is 0 Å². The Kier molecular flexibility index (Phi) is 4.74. The Morgan fingerprint density at radius 3 is 2.74 bits per heavy atom. The second-order valence-corrected chi connectivity index (χ2v) is 5.54. The highest BCUT2D eigenvalue weighted by atomic mass is 79.9. The Labute approximate surface area is 122 Å². The molecule has 0 aliphatic rings. The summed E-state index contributed by atoms with van der Waals surface area (Å²) in [6, 6.07) is 8.53. The van der Waals surface area contributed by atoms with E-state index in [1.54, 1.807) is 6.20 Å². The lowest BCUT2D eigenvalue weighted by Gasteiger charge is -2.17. The highest BCUT2D eigenvalue weighted by Gasteiger charge is 2.17. The number of aryl methyl sites for hydroxylation is 3. The molecule has 2 rings (SSSR count). The van der Waals surface area contributed by atoms with E-state index in [-0.39, 0.29) is 6.04 Å². The molecule has 0 amide bonds. The third-order valence-corrected chi connectivity index (χ3v) is 4.04. The fourth-order valence-electron chi connectivity index (χ4n) is 2.30. The number of hydrazine groups is 1. The van der Waals surface area contributed by atoms with Crippen LogP contribution in [-0.4, -0.2) is 9.78 Å². The van der Waals surface area contributed by atoms with Crippen molar-refractivity contribution < 1.29 is 0 Å². The van der Waals surface area contributed by atoms with E-state index in [2.05, 4.69) is 57.6 Å². The lowest BCUT2D eigenvalue weighted by atomic mass is 10.00. The quantitative estimate of drug-likeness (QED) is 0.657. The predicted molar refractivity (Wildman–Crippen MR) is 80.5 cm³/mol. The number of hydrogen-bond acceptors (Lipinski definition) is 3. The van der Waals surface area contributed by atoms with Gasteiger partial charge in [0, 0.05) is 7.05 Å². The molecule has 1 atom stereocenters. The average molecular weight is 323 g/mol. The van der Waals surface area contributed by atoms with E-state index >= 15 is 0 Å². The maximum Gasteiger partial charge on any atom is 0.0705 e. The fraction of sp³-hybridized carbons (Fsp3) is 0.357. The third-order valence-electron chi connectivity index (χ3n) is 3.43. The predicted octanol–water partition coefficient (Wildman–Crippen LogP) is 2.63. The first-order valence-electron chi connectivity index (χ1n) is 6.31. The molecule has 1 aromatic carbocycles. The van der Waals surface area contributed by atoms with Gasteiger partial charge < -0.3 is 0 Å². The summed E-state index contributed by atoms with van der Waals surface area (Å²) in [5.41, 5.74) is 6.65. The van der Waals surface area contributed by atoms with E-state index in [9.17, 15) is 0 Å². The SMILES string of the molecule is Cc1ccccc1CCC(NN)c1c(Br)cnn1C. The van der Waals surface area contributed by atoms with Crippen LogP contribution in [0.5, 0.6) is 0 Å². The summed E-state index contributed by atoms with van der Waals surface area (Å²) in [6.07, 6.45) is 3.71. The Morgan fingerprint density at radius 2 is 2.16 bits per heavy atom. The number of rotatable bonds is 5. The second kappa shape index (κ2) is 6.32. The molecule has 0 radical (unpaired) electrons. The molecule has 0 saturated heterocycles. The standard InChI is InChI=1S/C14H19BrN4/c1-10-5-3-4-6-11(10)7-8-13(18-16)14-12(15)9-17-19(14)2/h3-6,9,13,18H,7-8,16H2,1-2H3. The summed E-state index contributed by atoms with van der Waals surface area (Å²) in [5, 5.41) is 4.23. The van der Waals surface area contributed by atoms with Gasteiger partial charge in [0.25, 0.3) is 0 Å². The number of nitrogens with one attached hydrogen (secondary N) is 1. The zero-order valence-corrected chi connectivity index (χ0v) is 12.8. The Morgan fingerprint density at radius 1 is 1.42 bits per heavy atom. The summed E-state index contributed by atoms with van der Waals surface area (Å²) in [4.78, 5) is 0. The molecular weight excluding hydrogens is 304 g/mol. The minimum Gasteiger partial charge on any atom is -0.271 e. The van der Waals surface area contributed by atoms with Crippen LogP contribution in [0, 0.1) is 6.92 Å². The van der Waals surface area contributed by atoms with Crippen LogP contribution in [0.25, 0.3) is 0 Å². The molecule has 2 aromatic rings. The van der Waals surface area contributed by atoms with E-state index in [1.807, 2.05) is 11.7 Å². The Hall–Kier alpha value is -1.17. The summed E-state index contributed by atoms with van der Waals surface area (Å²) in [5.74, 6) is 5.69. The fourth-order valence-corrected chi connectivity index (χ4v) is 2.93. The van der Waals surface area contributed by atoms with Crippen LogP contribution < -0.4 is 11.3 Å². The van der Waals surface area contributed by atoms with Crippen molar-refractivity contribution in [1.82, 2.24) is 15.2 Å². The Balaban J connectivity index is 2.11. The minimum atomic E-state index is 0.0847. The summed E-state index contributed by atoms with van der Waals surface area (Å²) >= 11 is 3.52. The van der Waals surface area contributed by atoms with Crippen LogP contribution in [0.4, 0.5) is 0 Å². The van der Waals surface area contributed by atoms with Gasteiger partial charge in [-0.1, -0.05) is 24.3 Å². The molecule has 19 heavy (non-hydrogen) atoms. The molecule has 4 nitrogen and oxygen atoms in total. The van der Waals surface area contributed by atoms with Crippen molar-refractivity contribution in [3.63, 3.8) is 0 Å². The molecule has 5 heteroatoms. The molecule has 0 spiro atoms. The molecule has 0 aliphatic heterocycles. The van der Waals surface area contributed by atoms with Gasteiger partial charge >= 0.3 is 0 Å². The maximum atomic E-state index is 5.69. The zero-order chi connectivity index (χ0) is 13.8. The number of nitrogens with two attached hydrogens (primary N) is 1. The molecule has 102 valence electrons. The average Bonchev–Trinajstić information content (AvgIpc) is 2.73. The monoisotopic (exact) mass is 322 g/mol. The van der Waals surface area contributed by atoms with E-state index in [1.165, 1.54) is 11.1 Å². The van der Waals surface area contributed by atoms with Crippen molar-refractivity contribution in [3.8, 4) is 0 Å². The smallest absolute Gasteiger partial charge is 0.0705 e. The normalized spacial score (nSPS) is 12.6. The van der Waals surface area contributed by atoms with Crippen LogP contribution in [0.15, 0.2) is 34.9 Å². The highest BCUT2D eigenvalue weighted by Crippen LogP contribution is 2.26. The van der Waals surface area contributed by atoms with Crippen LogP contribution in [-0.2, 0) is 13.5 Å². The first kappa shape index (κ1) is 14.2. The molecule has 0 bridgehead atoms. The van der Waals surface area contributed by atoms with Gasteiger partial charge in [0.15, 0.2) is 0 Å². The van der Waals surface area contributed by atoms with E-state index < -0.39 is 0 Å². The van der Waals surface area contributed by atoms with Crippen molar-refractivity contribution >= 4 is 15.9 Å². The second-order valence-electron chi connectivity index (χ2n) is 4.69. The van der Waals surface area contributed by atoms with Crippen molar-refractivity contribution in [1.29, 1.82) is 0 Å². The van der Waals surface area contributed by atoms with E-state index in [0.29, 0.717) is 0 Å². The van der Waals surface area contributed by atoms with Gasteiger partial charge in [0.2, 0.25) is 0 Å². The first-order chi connectivity index (χ1) is 9.13. The van der Waals surface area contributed by atoms with Crippen molar-refractivity contribution in [2.75, 3.05) is 0 Å². The maximum absolute atomic E-state index is 5.69. The summed E-state index contributed by atoms with van der Waals surface area (Å²) in [6.45, 7) is 2.14. The molecule has 0 aliphatic carbocycles. The lowest BCUT2D eigenvalue weighted by Crippen LogP contribution is -2.30. The van der Waals surface area contributed by atoms with E-state index in [4.69, 9.17) is 5.84 Å². The van der Waals surface area contributed by atoms with Crippen LogP contribution in [0.2, 0.25) is 0 Å². The number of hydrogen-bond donors (Lipinski definition) is 2. The lowest BCUT2D eigenvalue weighted by molar-refractivity contribution is 0.478. The minimum absolute atomic E-state index is 0.0847. The molecule has 1 heterocycles. The van der Waals surface area contributed by atoms with Gasteiger partial charge in [-0.2, -0.15) is 5.10 Å². The number of halogens is 1. The largest absolute Gasteiger partial charge is 0.271 e.